The molecule has 0 spiro atoms. The van der Waals surface area contributed by atoms with Gasteiger partial charge in [-0.2, -0.15) is 4.31 Å². The summed E-state index contributed by atoms with van der Waals surface area (Å²) in [5.74, 6) is 1.23. The van der Waals surface area contributed by atoms with E-state index in [1.54, 1.807) is 21.7 Å². The van der Waals surface area contributed by atoms with Crippen LogP contribution in [0.15, 0.2) is 47.5 Å². The summed E-state index contributed by atoms with van der Waals surface area (Å²) in [6.45, 7) is 3.03. The van der Waals surface area contributed by atoms with Gasteiger partial charge in [0.15, 0.2) is 0 Å². The molecule has 2 aliphatic heterocycles. The van der Waals surface area contributed by atoms with Crippen LogP contribution in [-0.4, -0.2) is 48.9 Å². The number of nitrogens with zero attached hydrogens (tertiary/aromatic N) is 4. The summed E-state index contributed by atoms with van der Waals surface area (Å²) in [4.78, 5) is 11.9. The van der Waals surface area contributed by atoms with Crippen molar-refractivity contribution in [3.05, 3.63) is 47.6 Å². The predicted octanol–water partition coefficient (Wildman–Crippen LogP) is 3.86. The molecule has 0 saturated carbocycles. The first-order valence-electron chi connectivity index (χ1n) is 10.2. The lowest BCUT2D eigenvalue weighted by Gasteiger charge is -2.32. The zero-order chi connectivity index (χ0) is 19.8. The van der Waals surface area contributed by atoms with E-state index in [9.17, 15) is 8.42 Å². The molecule has 5 rings (SSSR count). The first-order chi connectivity index (χ1) is 14.1. The summed E-state index contributed by atoms with van der Waals surface area (Å²) in [6, 6.07) is 11.8. The van der Waals surface area contributed by atoms with Crippen molar-refractivity contribution in [3.8, 4) is 0 Å². The molecule has 4 heterocycles. The minimum absolute atomic E-state index is 0.294. The van der Waals surface area contributed by atoms with Gasteiger partial charge in [0.1, 0.15) is 10.7 Å². The molecule has 8 heteroatoms. The van der Waals surface area contributed by atoms with Gasteiger partial charge >= 0.3 is 0 Å². The van der Waals surface area contributed by atoms with Gasteiger partial charge in [-0.3, -0.25) is 0 Å². The third kappa shape index (κ3) is 3.65. The Labute approximate surface area is 175 Å². The fourth-order valence-electron chi connectivity index (χ4n) is 4.24. The first-order valence-corrected chi connectivity index (χ1v) is 12.4. The highest BCUT2D eigenvalue weighted by Gasteiger charge is 2.28. The molecule has 0 radical (unpaired) electrons. The summed E-state index contributed by atoms with van der Waals surface area (Å²) in [5, 5.41) is 1.18. The lowest BCUT2D eigenvalue weighted by molar-refractivity contribution is 0.477. The number of para-hydroxylation sites is 1. The number of hydrogen-bond donors (Lipinski definition) is 0. The normalized spacial score (nSPS) is 21.1. The number of fused-ring (bicyclic) bond motifs is 1. The van der Waals surface area contributed by atoms with Crippen molar-refractivity contribution in [2.24, 2.45) is 0 Å². The minimum atomic E-state index is -3.41. The smallest absolute Gasteiger partial charge is 0.244 e. The number of aromatic nitrogens is 2. The molecule has 2 saturated heterocycles. The van der Waals surface area contributed by atoms with E-state index in [0.717, 1.165) is 50.1 Å². The molecule has 1 atom stereocenters. The van der Waals surface area contributed by atoms with E-state index in [1.165, 1.54) is 15.9 Å². The van der Waals surface area contributed by atoms with Gasteiger partial charge in [-0.05, 0) is 49.9 Å². The van der Waals surface area contributed by atoms with E-state index in [2.05, 4.69) is 28.1 Å². The van der Waals surface area contributed by atoms with Crippen LogP contribution in [0.1, 0.15) is 36.6 Å². The van der Waals surface area contributed by atoms with Crippen LogP contribution in [0.25, 0.3) is 10.2 Å². The summed E-state index contributed by atoms with van der Waals surface area (Å²) in [6.07, 6.45) is 5.59. The Morgan fingerprint density at radius 1 is 1.00 bits per heavy atom. The maximum Gasteiger partial charge on any atom is 0.244 e. The number of rotatable bonds is 4. The zero-order valence-corrected chi connectivity index (χ0v) is 17.8. The highest BCUT2D eigenvalue weighted by molar-refractivity contribution is 7.89. The lowest BCUT2D eigenvalue weighted by Crippen LogP contribution is -2.35. The highest BCUT2D eigenvalue weighted by atomic mass is 32.2. The van der Waals surface area contributed by atoms with Gasteiger partial charge in [-0.1, -0.05) is 12.1 Å². The average molecular weight is 429 g/mol. The number of benzene rings is 1. The molecule has 29 heavy (non-hydrogen) atoms. The fraction of sp³-hybridized carbons (Fsp3) is 0.429. The van der Waals surface area contributed by atoms with Crippen LogP contribution < -0.4 is 4.90 Å². The van der Waals surface area contributed by atoms with Crippen LogP contribution in [0.5, 0.6) is 0 Å². The summed E-state index contributed by atoms with van der Waals surface area (Å²) in [5.41, 5.74) is 1.07. The standard InChI is InChI=1S/C21H24N4O2S2/c26-29(27,25-12-3-4-13-25)17-9-10-20(22-14-17)24-11-5-6-16(15-24)21-23-18-7-1-2-8-19(18)28-21/h1-2,7-10,14,16H,3-6,11-13,15H2. The van der Waals surface area contributed by atoms with Crippen molar-refractivity contribution < 1.29 is 8.42 Å². The summed E-state index contributed by atoms with van der Waals surface area (Å²) < 4.78 is 28.2. The van der Waals surface area contributed by atoms with Gasteiger partial charge in [-0.25, -0.2) is 18.4 Å². The zero-order valence-electron chi connectivity index (χ0n) is 16.2. The Bertz CT molecular complexity index is 1070. The van der Waals surface area contributed by atoms with E-state index in [4.69, 9.17) is 4.98 Å². The number of hydrogen-bond acceptors (Lipinski definition) is 6. The molecule has 0 bridgehead atoms. The predicted molar refractivity (Wildman–Crippen MR) is 116 cm³/mol. The van der Waals surface area contributed by atoms with E-state index < -0.39 is 10.0 Å². The van der Waals surface area contributed by atoms with Crippen LogP contribution >= 0.6 is 11.3 Å². The molecule has 2 aromatic heterocycles. The summed E-state index contributed by atoms with van der Waals surface area (Å²) in [7, 11) is -3.41. The topological polar surface area (TPSA) is 66.4 Å². The molecule has 1 aromatic carbocycles. The van der Waals surface area contributed by atoms with E-state index in [-0.39, 0.29) is 0 Å². The molecule has 3 aromatic rings. The van der Waals surface area contributed by atoms with Crippen LogP contribution in [-0.2, 0) is 10.0 Å². The van der Waals surface area contributed by atoms with Crippen molar-refractivity contribution in [2.75, 3.05) is 31.1 Å². The molecule has 1 unspecified atom stereocenters. The maximum atomic E-state index is 12.7. The third-order valence-electron chi connectivity index (χ3n) is 5.83. The van der Waals surface area contributed by atoms with Gasteiger partial charge in [0.05, 0.1) is 15.2 Å². The monoisotopic (exact) mass is 428 g/mol. The largest absolute Gasteiger partial charge is 0.356 e. The number of anilines is 1. The van der Waals surface area contributed by atoms with E-state index in [0.29, 0.717) is 23.9 Å². The molecular formula is C21H24N4O2S2. The molecule has 0 N–H and O–H groups in total. The Balaban J connectivity index is 1.34. The van der Waals surface area contributed by atoms with Crippen molar-refractivity contribution in [1.29, 1.82) is 0 Å². The first kappa shape index (κ1) is 19.0. The molecule has 0 aliphatic carbocycles. The Morgan fingerprint density at radius 3 is 2.59 bits per heavy atom. The Morgan fingerprint density at radius 2 is 1.83 bits per heavy atom. The summed E-state index contributed by atoms with van der Waals surface area (Å²) >= 11 is 1.78. The SMILES string of the molecule is O=S(=O)(c1ccc(N2CCCC(c3nc4ccccc4s3)C2)nc1)N1CCCC1. The second-order valence-corrected chi connectivity index (χ2v) is 10.8. The fourth-order valence-corrected chi connectivity index (χ4v) is 6.80. The maximum absolute atomic E-state index is 12.7. The molecule has 2 aliphatic rings. The lowest BCUT2D eigenvalue weighted by atomic mass is 9.99. The molecule has 152 valence electrons. The highest BCUT2D eigenvalue weighted by Crippen LogP contribution is 2.34. The van der Waals surface area contributed by atoms with Crippen LogP contribution in [0.4, 0.5) is 5.82 Å². The van der Waals surface area contributed by atoms with Crippen LogP contribution in [0.3, 0.4) is 0 Å². The van der Waals surface area contributed by atoms with Crippen molar-refractivity contribution in [2.45, 2.75) is 36.5 Å². The van der Waals surface area contributed by atoms with Gasteiger partial charge in [-0.15, -0.1) is 11.3 Å². The Hall–Kier alpha value is -2.03. The quantitative estimate of drug-likeness (QED) is 0.631. The van der Waals surface area contributed by atoms with Crippen molar-refractivity contribution in [1.82, 2.24) is 14.3 Å². The third-order valence-corrected chi connectivity index (χ3v) is 8.91. The average Bonchev–Trinajstić information content (AvgIpc) is 3.44. The van der Waals surface area contributed by atoms with Crippen LogP contribution in [0, 0.1) is 0 Å². The van der Waals surface area contributed by atoms with Crippen molar-refractivity contribution >= 4 is 37.4 Å². The number of piperidine rings is 1. The molecule has 2 fully saturated rings. The Kier molecular flexibility index (Phi) is 5.01. The number of pyridine rings is 1. The van der Waals surface area contributed by atoms with Gasteiger partial charge in [0.2, 0.25) is 10.0 Å². The second kappa shape index (κ2) is 7.66. The molecule has 0 amide bonds. The van der Waals surface area contributed by atoms with Crippen molar-refractivity contribution in [3.63, 3.8) is 0 Å². The molecular weight excluding hydrogens is 404 g/mol. The van der Waals surface area contributed by atoms with Gasteiger partial charge in [0.25, 0.3) is 0 Å². The van der Waals surface area contributed by atoms with Gasteiger partial charge < -0.3 is 4.90 Å². The van der Waals surface area contributed by atoms with Gasteiger partial charge in [0, 0.05) is 38.3 Å². The van der Waals surface area contributed by atoms with E-state index >= 15 is 0 Å². The minimum Gasteiger partial charge on any atom is -0.356 e. The second-order valence-electron chi connectivity index (χ2n) is 7.77. The number of thiazole rings is 1. The molecule has 6 nitrogen and oxygen atoms in total. The number of sulfonamides is 1. The van der Waals surface area contributed by atoms with E-state index in [1.807, 2.05) is 12.1 Å². The van der Waals surface area contributed by atoms with Crippen LogP contribution in [0.2, 0.25) is 0 Å².